The fraction of sp³-hybridized carbons (Fsp3) is 0.250. The van der Waals surface area contributed by atoms with Gasteiger partial charge in [0.05, 0.1) is 30.3 Å². The maximum atomic E-state index is 13.8. The zero-order chi connectivity index (χ0) is 13.8. The number of rotatable bonds is 5. The third kappa shape index (κ3) is 2.94. The number of nitro groups is 1. The van der Waals surface area contributed by atoms with Crippen LogP contribution in [0.5, 0.6) is 0 Å². The second-order valence-corrected chi connectivity index (χ2v) is 3.91. The molecule has 6 nitrogen and oxygen atoms in total. The van der Waals surface area contributed by atoms with Gasteiger partial charge in [-0.3, -0.25) is 14.8 Å². The molecule has 1 aromatic heterocycles. The zero-order valence-electron chi connectivity index (χ0n) is 10.2. The van der Waals surface area contributed by atoms with Crippen LogP contribution in [0, 0.1) is 15.9 Å². The van der Waals surface area contributed by atoms with Gasteiger partial charge >= 0.3 is 0 Å². The van der Waals surface area contributed by atoms with Crippen LogP contribution in [0.2, 0.25) is 0 Å². The molecule has 0 spiro atoms. The molecule has 0 aliphatic heterocycles. The molecule has 0 fully saturated rings. The van der Waals surface area contributed by atoms with Crippen LogP contribution in [-0.2, 0) is 11.3 Å². The molecule has 1 aromatic carbocycles. The lowest BCUT2D eigenvalue weighted by Gasteiger charge is -2.00. The van der Waals surface area contributed by atoms with Crippen molar-refractivity contribution in [1.82, 2.24) is 9.78 Å². The van der Waals surface area contributed by atoms with E-state index in [1.165, 1.54) is 18.3 Å². The number of methoxy groups -OCH3 is 1. The number of nitrogens with zero attached hydrogens (tertiary/aromatic N) is 3. The van der Waals surface area contributed by atoms with Gasteiger partial charge in [0, 0.05) is 30.5 Å². The van der Waals surface area contributed by atoms with Gasteiger partial charge in [0.25, 0.3) is 5.69 Å². The molecule has 2 aromatic rings. The molecule has 0 bridgehead atoms. The van der Waals surface area contributed by atoms with E-state index in [9.17, 15) is 14.5 Å². The van der Waals surface area contributed by atoms with Crippen LogP contribution >= 0.6 is 0 Å². The van der Waals surface area contributed by atoms with Gasteiger partial charge in [0.1, 0.15) is 5.82 Å². The Morgan fingerprint density at radius 2 is 2.32 bits per heavy atom. The molecule has 0 aliphatic carbocycles. The van der Waals surface area contributed by atoms with Gasteiger partial charge in [-0.2, -0.15) is 5.10 Å². The first-order valence-corrected chi connectivity index (χ1v) is 5.57. The highest BCUT2D eigenvalue weighted by Gasteiger charge is 2.13. The SMILES string of the molecule is COCCn1cc(-c2ccc([N+](=O)[O-])cc2F)cn1. The molecule has 0 aliphatic rings. The Balaban J connectivity index is 2.26. The van der Waals surface area contributed by atoms with Gasteiger partial charge in [-0.25, -0.2) is 4.39 Å². The van der Waals surface area contributed by atoms with Crippen molar-refractivity contribution < 1.29 is 14.1 Å². The molecule has 0 unspecified atom stereocenters. The van der Waals surface area contributed by atoms with Crippen molar-refractivity contribution >= 4 is 5.69 Å². The van der Waals surface area contributed by atoms with Crippen molar-refractivity contribution in [2.45, 2.75) is 6.54 Å². The van der Waals surface area contributed by atoms with Crippen LogP contribution in [0.15, 0.2) is 30.6 Å². The van der Waals surface area contributed by atoms with Gasteiger partial charge in [-0.05, 0) is 6.07 Å². The van der Waals surface area contributed by atoms with Gasteiger partial charge in [-0.15, -0.1) is 0 Å². The maximum absolute atomic E-state index is 13.8. The Kier molecular flexibility index (Phi) is 3.86. The number of benzene rings is 1. The van der Waals surface area contributed by atoms with Gasteiger partial charge in [0.15, 0.2) is 0 Å². The van der Waals surface area contributed by atoms with Crippen molar-refractivity contribution in [3.63, 3.8) is 0 Å². The summed E-state index contributed by atoms with van der Waals surface area (Å²) in [5.41, 5.74) is 0.589. The van der Waals surface area contributed by atoms with E-state index in [2.05, 4.69) is 5.10 Å². The minimum Gasteiger partial charge on any atom is -0.383 e. The topological polar surface area (TPSA) is 70.2 Å². The largest absolute Gasteiger partial charge is 0.383 e. The average Bonchev–Trinajstić information content (AvgIpc) is 2.84. The summed E-state index contributed by atoms with van der Waals surface area (Å²) in [5.74, 6) is -0.638. The zero-order valence-corrected chi connectivity index (χ0v) is 10.2. The highest BCUT2D eigenvalue weighted by Crippen LogP contribution is 2.25. The van der Waals surface area contributed by atoms with E-state index in [1.807, 2.05) is 0 Å². The van der Waals surface area contributed by atoms with E-state index in [-0.39, 0.29) is 11.3 Å². The summed E-state index contributed by atoms with van der Waals surface area (Å²) < 4.78 is 20.3. The van der Waals surface area contributed by atoms with Crippen molar-refractivity contribution in [3.05, 3.63) is 46.5 Å². The molecular weight excluding hydrogens is 253 g/mol. The van der Waals surface area contributed by atoms with Crippen molar-refractivity contribution in [2.24, 2.45) is 0 Å². The Morgan fingerprint density at radius 3 is 2.95 bits per heavy atom. The van der Waals surface area contributed by atoms with Crippen LogP contribution in [0.4, 0.5) is 10.1 Å². The fourth-order valence-corrected chi connectivity index (χ4v) is 1.66. The van der Waals surface area contributed by atoms with E-state index in [0.717, 1.165) is 6.07 Å². The number of aromatic nitrogens is 2. The molecule has 1 heterocycles. The van der Waals surface area contributed by atoms with E-state index in [1.54, 1.807) is 18.0 Å². The van der Waals surface area contributed by atoms with Crippen LogP contribution < -0.4 is 0 Å². The highest BCUT2D eigenvalue weighted by atomic mass is 19.1. The Labute approximate surface area is 108 Å². The lowest BCUT2D eigenvalue weighted by atomic mass is 10.1. The lowest BCUT2D eigenvalue weighted by Crippen LogP contribution is -2.03. The predicted molar refractivity (Wildman–Crippen MR) is 66.2 cm³/mol. The first-order chi connectivity index (χ1) is 9.11. The van der Waals surface area contributed by atoms with Crippen molar-refractivity contribution in [1.29, 1.82) is 0 Å². The maximum Gasteiger partial charge on any atom is 0.272 e. The third-order valence-corrected chi connectivity index (χ3v) is 2.63. The quantitative estimate of drug-likeness (QED) is 0.614. The molecular formula is C12H12FN3O3. The number of hydrogen-bond donors (Lipinski definition) is 0. The molecule has 0 radical (unpaired) electrons. The molecule has 7 heteroatoms. The summed E-state index contributed by atoms with van der Waals surface area (Å²) in [6.45, 7) is 1.06. The summed E-state index contributed by atoms with van der Waals surface area (Å²) in [6, 6.07) is 3.55. The van der Waals surface area contributed by atoms with Gasteiger partial charge in [0.2, 0.25) is 0 Å². The van der Waals surface area contributed by atoms with E-state index >= 15 is 0 Å². The Hall–Kier alpha value is -2.28. The first-order valence-electron chi connectivity index (χ1n) is 5.57. The number of halogens is 1. The number of ether oxygens (including phenoxy) is 1. The molecule has 19 heavy (non-hydrogen) atoms. The van der Waals surface area contributed by atoms with Gasteiger partial charge in [-0.1, -0.05) is 0 Å². The molecule has 0 N–H and O–H groups in total. The first kappa shape index (κ1) is 13.2. The van der Waals surface area contributed by atoms with Gasteiger partial charge < -0.3 is 4.74 Å². The molecule has 0 amide bonds. The predicted octanol–water partition coefficient (Wildman–Crippen LogP) is 2.24. The minimum absolute atomic E-state index is 0.270. The molecule has 0 saturated carbocycles. The monoisotopic (exact) mass is 265 g/mol. The third-order valence-electron chi connectivity index (χ3n) is 2.63. The Bertz CT molecular complexity index is 598. The normalized spacial score (nSPS) is 10.6. The van der Waals surface area contributed by atoms with Crippen LogP contribution in [-0.4, -0.2) is 28.4 Å². The summed E-state index contributed by atoms with van der Waals surface area (Å²) >= 11 is 0. The van der Waals surface area contributed by atoms with E-state index in [4.69, 9.17) is 4.74 Å². The fourth-order valence-electron chi connectivity index (χ4n) is 1.66. The summed E-state index contributed by atoms with van der Waals surface area (Å²) in [4.78, 5) is 9.90. The molecule has 2 rings (SSSR count). The minimum atomic E-state index is -0.638. The lowest BCUT2D eigenvalue weighted by molar-refractivity contribution is -0.385. The summed E-state index contributed by atoms with van der Waals surface area (Å²) in [7, 11) is 1.58. The standard InChI is InChI=1S/C12H12FN3O3/c1-19-5-4-15-8-9(7-14-15)11-3-2-10(16(17)18)6-12(11)13/h2-3,6-8H,4-5H2,1H3. The number of nitro benzene ring substituents is 1. The van der Waals surface area contributed by atoms with Crippen molar-refractivity contribution in [2.75, 3.05) is 13.7 Å². The smallest absolute Gasteiger partial charge is 0.272 e. The van der Waals surface area contributed by atoms with Crippen LogP contribution in [0.25, 0.3) is 11.1 Å². The average molecular weight is 265 g/mol. The number of non-ortho nitro benzene ring substituents is 1. The summed E-state index contributed by atoms with van der Waals surface area (Å²) in [5, 5.41) is 14.6. The second kappa shape index (κ2) is 5.57. The van der Waals surface area contributed by atoms with E-state index < -0.39 is 10.7 Å². The van der Waals surface area contributed by atoms with E-state index in [0.29, 0.717) is 18.7 Å². The van der Waals surface area contributed by atoms with Crippen LogP contribution in [0.1, 0.15) is 0 Å². The molecule has 0 atom stereocenters. The summed E-state index contributed by atoms with van der Waals surface area (Å²) in [6.07, 6.45) is 3.18. The Morgan fingerprint density at radius 1 is 1.53 bits per heavy atom. The van der Waals surface area contributed by atoms with Crippen LogP contribution in [0.3, 0.4) is 0 Å². The highest BCUT2D eigenvalue weighted by molar-refractivity contribution is 5.64. The molecule has 0 saturated heterocycles. The van der Waals surface area contributed by atoms with Crippen molar-refractivity contribution in [3.8, 4) is 11.1 Å². The second-order valence-electron chi connectivity index (χ2n) is 3.91. The number of hydrogen-bond acceptors (Lipinski definition) is 4. The molecule has 100 valence electrons.